The van der Waals surface area contributed by atoms with Crippen LogP contribution in [-0.4, -0.2) is 8.07 Å². The van der Waals surface area contributed by atoms with Crippen LogP contribution < -0.4 is 20.7 Å². The molecule has 5 aromatic rings. The highest BCUT2D eigenvalue weighted by atomic mass is 79.9. The van der Waals surface area contributed by atoms with Crippen LogP contribution in [0.2, 0.25) is 0 Å². The molecule has 0 spiro atoms. The fraction of sp³-hybridized carbons (Fsp3) is 0. The van der Waals surface area contributed by atoms with Gasteiger partial charge in [0, 0.05) is 17.9 Å². The van der Waals surface area contributed by atoms with Crippen molar-refractivity contribution in [2.24, 2.45) is 0 Å². The Kier molecular flexibility index (Phi) is 7.61. The van der Waals surface area contributed by atoms with Gasteiger partial charge in [0.15, 0.2) is 8.07 Å². The Bertz CT molecular complexity index is 1400. The molecule has 0 radical (unpaired) electrons. The fourth-order valence-corrected chi connectivity index (χ4v) is 12.5. The molecule has 5 aromatic carbocycles. The molecule has 0 aromatic heterocycles. The van der Waals surface area contributed by atoms with Crippen LogP contribution in [0, 0.1) is 0 Å². The molecule has 0 N–H and O–H groups in total. The highest BCUT2D eigenvalue weighted by Gasteiger charge is 2.48. The lowest BCUT2D eigenvalue weighted by molar-refractivity contribution is 1.60. The number of hydrogen-bond acceptors (Lipinski definition) is 0. The topological polar surface area (TPSA) is 0 Å². The maximum atomic E-state index is 3.71. The van der Waals surface area contributed by atoms with Crippen LogP contribution in [0.5, 0.6) is 0 Å². The van der Waals surface area contributed by atoms with Crippen LogP contribution in [0.15, 0.2) is 139 Å². The normalized spacial score (nSPS) is 12.8. The minimum absolute atomic E-state index is 1.10. The zero-order valence-corrected chi connectivity index (χ0v) is 25.9. The Morgan fingerprint density at radius 3 is 1.11 bits per heavy atom. The molecule has 0 unspecified atom stereocenters. The van der Waals surface area contributed by atoms with E-state index in [-0.39, 0.29) is 0 Å². The zero-order valence-electron chi connectivity index (χ0n) is 18.6. The summed E-state index contributed by atoms with van der Waals surface area (Å²) in [6, 6.07) is 43.6. The van der Waals surface area contributed by atoms with E-state index in [0.717, 1.165) is 17.9 Å². The molecule has 1 aliphatic rings. The Labute approximate surface area is 241 Å². The SMILES string of the molecule is Brc1cccc(Br)c1.Brc1cccc([Si]2(c3cccc(Br)c3)c3ccccc3-c3ccccc32)c1. The first-order valence-electron chi connectivity index (χ1n) is 11.1. The van der Waals surface area contributed by atoms with E-state index in [4.69, 9.17) is 0 Å². The maximum Gasteiger partial charge on any atom is 0.180 e. The summed E-state index contributed by atoms with van der Waals surface area (Å²) in [6.45, 7) is 0. The van der Waals surface area contributed by atoms with Crippen molar-refractivity contribution in [2.45, 2.75) is 0 Å². The van der Waals surface area contributed by atoms with Crippen LogP contribution in [0.1, 0.15) is 0 Å². The van der Waals surface area contributed by atoms with E-state index >= 15 is 0 Å². The third-order valence-electron chi connectivity index (χ3n) is 6.25. The second-order valence-corrected chi connectivity index (χ2v) is 15.7. The molecule has 172 valence electrons. The van der Waals surface area contributed by atoms with Crippen molar-refractivity contribution in [3.05, 3.63) is 139 Å². The standard InChI is InChI=1S/C24H16Br2Si.C6H4Br2/c25-17-7-5-9-19(15-17)27(20-10-6-8-18(26)16-20)23-13-3-1-11-21(23)22-12-2-4-14-24(22)27;7-5-2-1-3-6(8)4-5/h1-16H;1-4H. The lowest BCUT2D eigenvalue weighted by Gasteiger charge is -2.31. The zero-order chi connectivity index (χ0) is 24.4. The summed E-state index contributed by atoms with van der Waals surface area (Å²) < 4.78 is 4.46. The van der Waals surface area contributed by atoms with E-state index in [0.29, 0.717) is 0 Å². The van der Waals surface area contributed by atoms with Gasteiger partial charge in [-0.05, 0) is 74.3 Å². The molecule has 0 bridgehead atoms. The average Bonchev–Trinajstić information content (AvgIpc) is 3.16. The number of hydrogen-bond donors (Lipinski definition) is 0. The van der Waals surface area contributed by atoms with Gasteiger partial charge in [0.25, 0.3) is 0 Å². The van der Waals surface area contributed by atoms with Crippen molar-refractivity contribution < 1.29 is 0 Å². The quantitative estimate of drug-likeness (QED) is 0.160. The van der Waals surface area contributed by atoms with Gasteiger partial charge in [0.05, 0.1) is 0 Å². The molecule has 6 rings (SSSR count). The second kappa shape index (κ2) is 10.7. The largest absolute Gasteiger partial charge is 0.180 e. The molecule has 0 nitrogen and oxygen atoms in total. The average molecular weight is 728 g/mol. The van der Waals surface area contributed by atoms with Gasteiger partial charge in [-0.25, -0.2) is 0 Å². The molecule has 0 saturated heterocycles. The molecular weight excluding hydrogens is 708 g/mol. The van der Waals surface area contributed by atoms with Gasteiger partial charge in [-0.15, -0.1) is 0 Å². The van der Waals surface area contributed by atoms with Gasteiger partial charge in [0.1, 0.15) is 0 Å². The van der Waals surface area contributed by atoms with E-state index in [1.807, 2.05) is 24.3 Å². The first kappa shape index (κ1) is 24.9. The van der Waals surface area contributed by atoms with Crippen LogP contribution in [0.3, 0.4) is 0 Å². The molecule has 0 aliphatic carbocycles. The lowest BCUT2D eigenvalue weighted by Crippen LogP contribution is -2.72. The van der Waals surface area contributed by atoms with Gasteiger partial charge in [-0.3, -0.25) is 0 Å². The van der Waals surface area contributed by atoms with Crippen LogP contribution in [-0.2, 0) is 0 Å². The third-order valence-corrected chi connectivity index (χ3v) is 13.1. The first-order valence-corrected chi connectivity index (χ1v) is 16.3. The van der Waals surface area contributed by atoms with Crippen LogP contribution in [0.4, 0.5) is 0 Å². The van der Waals surface area contributed by atoms with E-state index in [2.05, 4.69) is 161 Å². The number of rotatable bonds is 2. The third kappa shape index (κ3) is 4.82. The Morgan fingerprint density at radius 1 is 0.371 bits per heavy atom. The molecule has 35 heavy (non-hydrogen) atoms. The lowest BCUT2D eigenvalue weighted by atomic mass is 10.1. The molecule has 1 heterocycles. The first-order chi connectivity index (χ1) is 17.0. The summed E-state index contributed by atoms with van der Waals surface area (Å²) in [6.07, 6.45) is 0. The summed E-state index contributed by atoms with van der Waals surface area (Å²) >= 11 is 14.1. The molecular formula is C30H20Br4Si. The van der Waals surface area contributed by atoms with Gasteiger partial charge in [-0.2, -0.15) is 0 Å². The summed E-state index contributed by atoms with van der Waals surface area (Å²) in [4.78, 5) is 0. The van der Waals surface area contributed by atoms with Crippen molar-refractivity contribution in [3.63, 3.8) is 0 Å². The molecule has 0 fully saturated rings. The van der Waals surface area contributed by atoms with Gasteiger partial charge < -0.3 is 0 Å². The Morgan fingerprint density at radius 2 is 0.743 bits per heavy atom. The molecule has 0 saturated carbocycles. The monoisotopic (exact) mass is 724 g/mol. The van der Waals surface area contributed by atoms with Crippen molar-refractivity contribution >= 4 is 92.5 Å². The maximum absolute atomic E-state index is 3.71. The molecule has 0 atom stereocenters. The number of halogens is 4. The van der Waals surface area contributed by atoms with Crippen molar-refractivity contribution in [1.29, 1.82) is 0 Å². The van der Waals surface area contributed by atoms with Crippen molar-refractivity contribution in [3.8, 4) is 11.1 Å². The predicted molar refractivity (Wildman–Crippen MR) is 166 cm³/mol. The molecule has 0 amide bonds. The van der Waals surface area contributed by atoms with E-state index in [1.165, 1.54) is 31.9 Å². The highest BCUT2D eigenvalue weighted by Crippen LogP contribution is 2.29. The van der Waals surface area contributed by atoms with Gasteiger partial charge in [0.2, 0.25) is 0 Å². The van der Waals surface area contributed by atoms with Crippen molar-refractivity contribution in [1.82, 2.24) is 0 Å². The minimum Gasteiger partial charge on any atom is -0.0623 e. The van der Waals surface area contributed by atoms with E-state index in [9.17, 15) is 0 Å². The predicted octanol–water partition coefficient (Wildman–Crippen LogP) is 7.78. The summed E-state index contributed by atoms with van der Waals surface area (Å²) in [7, 11) is -2.35. The Balaban J connectivity index is 0.000000271. The van der Waals surface area contributed by atoms with Crippen LogP contribution >= 0.6 is 63.7 Å². The number of fused-ring (bicyclic) bond motifs is 3. The summed E-state index contributed by atoms with van der Waals surface area (Å²) in [5.74, 6) is 0. The smallest absolute Gasteiger partial charge is 0.0623 e. The fourth-order valence-electron chi connectivity index (χ4n) is 4.93. The minimum atomic E-state index is -2.35. The van der Waals surface area contributed by atoms with Gasteiger partial charge >= 0.3 is 0 Å². The van der Waals surface area contributed by atoms with E-state index in [1.54, 1.807) is 0 Å². The second-order valence-electron chi connectivity index (χ2n) is 8.30. The highest BCUT2D eigenvalue weighted by molar-refractivity contribution is 9.11. The number of benzene rings is 5. The van der Waals surface area contributed by atoms with E-state index < -0.39 is 8.07 Å². The van der Waals surface area contributed by atoms with Crippen LogP contribution in [0.25, 0.3) is 11.1 Å². The Hall–Kier alpha value is -1.76. The summed E-state index contributed by atoms with van der Waals surface area (Å²) in [5.41, 5.74) is 2.75. The molecule has 1 aliphatic heterocycles. The molecule has 5 heteroatoms. The van der Waals surface area contributed by atoms with Crippen molar-refractivity contribution in [2.75, 3.05) is 0 Å². The summed E-state index contributed by atoms with van der Waals surface area (Å²) in [5, 5.41) is 5.77. The van der Waals surface area contributed by atoms with Gasteiger partial charge in [-0.1, -0.05) is 143 Å².